The van der Waals surface area contributed by atoms with Gasteiger partial charge in [0.15, 0.2) is 5.85 Å². The van der Waals surface area contributed by atoms with E-state index in [9.17, 15) is 14.8 Å². The normalized spacial score (nSPS) is 12.6. The molecule has 6 heteroatoms. The fraction of sp³-hybridized carbons (Fsp3) is 0.143. The first-order valence-corrected chi connectivity index (χ1v) is 10.1. The van der Waals surface area contributed by atoms with E-state index in [-0.39, 0.29) is 24.5 Å². The summed E-state index contributed by atoms with van der Waals surface area (Å²) >= 11 is 0. The molecule has 0 unspecified atom stereocenters. The Morgan fingerprint density at radius 1 is 0.778 bits per heavy atom. The predicted octanol–water partition coefficient (Wildman–Crippen LogP) is 5.01. The van der Waals surface area contributed by atoms with Crippen molar-refractivity contribution in [2.45, 2.75) is 19.1 Å². The Bertz CT molecular complexity index is 851. The molecular formula is C21H21O5P. The zero-order valence-corrected chi connectivity index (χ0v) is 15.5. The standard InChI is InChI=1S/C21H21O5P/c22-20-13-7-12-19(14-20)21(23)27(24,25-15-17-8-3-1-4-9-17)26-16-18-10-5-2-6-11-18/h1-14,21-23H,15-16H2/t21-/m0/s1. The van der Waals surface area contributed by atoms with Crippen LogP contribution >= 0.6 is 7.60 Å². The van der Waals surface area contributed by atoms with Crippen LogP contribution in [0.5, 0.6) is 5.75 Å². The number of rotatable bonds is 8. The Morgan fingerprint density at radius 2 is 1.30 bits per heavy atom. The molecule has 0 aliphatic heterocycles. The predicted molar refractivity (Wildman–Crippen MR) is 103 cm³/mol. The third-order valence-electron chi connectivity index (χ3n) is 3.98. The smallest absolute Gasteiger partial charge is 0.364 e. The molecule has 0 radical (unpaired) electrons. The van der Waals surface area contributed by atoms with E-state index in [4.69, 9.17) is 9.05 Å². The van der Waals surface area contributed by atoms with Gasteiger partial charge in [-0.25, -0.2) is 0 Å². The molecule has 27 heavy (non-hydrogen) atoms. The molecular weight excluding hydrogens is 363 g/mol. The lowest BCUT2D eigenvalue weighted by molar-refractivity contribution is 0.133. The SMILES string of the molecule is O=P(OCc1ccccc1)(OCc1ccccc1)[C@H](O)c1cccc(O)c1. The molecule has 1 atom stereocenters. The molecule has 140 valence electrons. The van der Waals surface area contributed by atoms with Gasteiger partial charge < -0.3 is 19.3 Å². The van der Waals surface area contributed by atoms with Crippen LogP contribution in [0.1, 0.15) is 22.5 Å². The first-order chi connectivity index (χ1) is 13.1. The number of phenolic OH excluding ortho intramolecular Hbond substituents is 1. The van der Waals surface area contributed by atoms with E-state index in [1.54, 1.807) is 12.1 Å². The van der Waals surface area contributed by atoms with E-state index in [0.717, 1.165) is 11.1 Å². The summed E-state index contributed by atoms with van der Waals surface area (Å²) in [4.78, 5) is 0. The molecule has 3 rings (SSSR count). The van der Waals surface area contributed by atoms with Gasteiger partial charge in [-0.2, -0.15) is 0 Å². The number of hydrogen-bond donors (Lipinski definition) is 2. The minimum Gasteiger partial charge on any atom is -0.508 e. The van der Waals surface area contributed by atoms with Crippen molar-refractivity contribution in [3.05, 3.63) is 102 Å². The number of phenols is 1. The molecule has 0 spiro atoms. The van der Waals surface area contributed by atoms with Gasteiger partial charge in [0, 0.05) is 0 Å². The summed E-state index contributed by atoms with van der Waals surface area (Å²) in [6.07, 6.45) is 0. The van der Waals surface area contributed by atoms with Crippen molar-refractivity contribution in [1.82, 2.24) is 0 Å². The van der Waals surface area contributed by atoms with Gasteiger partial charge in [0.2, 0.25) is 0 Å². The van der Waals surface area contributed by atoms with E-state index < -0.39 is 13.4 Å². The summed E-state index contributed by atoms with van der Waals surface area (Å²) in [5, 5.41) is 20.4. The Hall–Kier alpha value is -2.43. The van der Waals surface area contributed by atoms with Crippen molar-refractivity contribution < 1.29 is 23.8 Å². The molecule has 0 saturated carbocycles. The highest BCUT2D eigenvalue weighted by Gasteiger charge is 2.36. The molecule has 3 aromatic rings. The third-order valence-corrected chi connectivity index (χ3v) is 5.85. The van der Waals surface area contributed by atoms with E-state index in [2.05, 4.69) is 0 Å². The first-order valence-electron chi connectivity index (χ1n) is 8.50. The van der Waals surface area contributed by atoms with E-state index in [0.29, 0.717) is 0 Å². The zero-order valence-electron chi connectivity index (χ0n) is 14.6. The van der Waals surface area contributed by atoms with Crippen LogP contribution in [0, 0.1) is 0 Å². The van der Waals surface area contributed by atoms with Crippen LogP contribution in [-0.4, -0.2) is 10.2 Å². The molecule has 2 N–H and O–H groups in total. The Kier molecular flexibility index (Phi) is 6.43. The number of aliphatic hydroxyl groups is 1. The van der Waals surface area contributed by atoms with Gasteiger partial charge in [-0.3, -0.25) is 4.57 Å². The summed E-state index contributed by atoms with van der Waals surface area (Å²) < 4.78 is 24.6. The van der Waals surface area contributed by atoms with Crippen LogP contribution in [0.4, 0.5) is 0 Å². The minimum absolute atomic E-state index is 0.0305. The number of hydrogen-bond acceptors (Lipinski definition) is 5. The molecule has 0 aliphatic carbocycles. The summed E-state index contributed by atoms with van der Waals surface area (Å²) in [5.41, 5.74) is 1.88. The lowest BCUT2D eigenvalue weighted by Crippen LogP contribution is -2.06. The number of aromatic hydroxyl groups is 1. The maximum atomic E-state index is 13.4. The second-order valence-electron chi connectivity index (χ2n) is 6.03. The first kappa shape index (κ1) is 19.3. The van der Waals surface area contributed by atoms with E-state index >= 15 is 0 Å². The van der Waals surface area contributed by atoms with Crippen molar-refractivity contribution in [3.8, 4) is 5.75 Å². The lowest BCUT2D eigenvalue weighted by Gasteiger charge is -2.24. The minimum atomic E-state index is -3.94. The van der Waals surface area contributed by atoms with Crippen molar-refractivity contribution in [3.63, 3.8) is 0 Å². The Balaban J connectivity index is 1.81. The monoisotopic (exact) mass is 384 g/mol. The largest absolute Gasteiger partial charge is 0.508 e. The van der Waals surface area contributed by atoms with Gasteiger partial charge in [-0.1, -0.05) is 72.8 Å². The van der Waals surface area contributed by atoms with Crippen molar-refractivity contribution in [1.29, 1.82) is 0 Å². The quantitative estimate of drug-likeness (QED) is 0.534. The van der Waals surface area contributed by atoms with Gasteiger partial charge in [-0.05, 0) is 28.8 Å². The fourth-order valence-corrected chi connectivity index (χ4v) is 4.06. The summed E-state index contributed by atoms with van der Waals surface area (Å²) in [6.45, 7) is 0.0611. The third kappa shape index (κ3) is 5.28. The molecule has 0 saturated heterocycles. The van der Waals surface area contributed by atoms with Gasteiger partial charge in [0.1, 0.15) is 5.75 Å². The van der Waals surface area contributed by atoms with Gasteiger partial charge in [0.25, 0.3) is 0 Å². The number of benzene rings is 3. The maximum absolute atomic E-state index is 13.4. The molecule has 3 aromatic carbocycles. The molecule has 0 amide bonds. The lowest BCUT2D eigenvalue weighted by atomic mass is 10.2. The highest BCUT2D eigenvalue weighted by atomic mass is 31.2. The van der Waals surface area contributed by atoms with Crippen LogP contribution in [0.2, 0.25) is 0 Å². The second kappa shape index (κ2) is 8.98. The fourth-order valence-electron chi connectivity index (χ4n) is 2.52. The molecule has 0 aliphatic rings. The van der Waals surface area contributed by atoms with Crippen molar-refractivity contribution >= 4 is 7.60 Å². The van der Waals surface area contributed by atoms with Gasteiger partial charge in [0.05, 0.1) is 13.2 Å². The zero-order chi connectivity index (χ0) is 19.1. The summed E-state index contributed by atoms with van der Waals surface area (Å²) in [5.74, 6) is -1.55. The molecule has 0 fully saturated rings. The summed E-state index contributed by atoms with van der Waals surface area (Å²) in [6, 6.07) is 24.4. The Labute approximate surface area is 158 Å². The summed E-state index contributed by atoms with van der Waals surface area (Å²) in [7, 11) is -3.94. The van der Waals surface area contributed by atoms with E-state index in [1.807, 2.05) is 60.7 Å². The maximum Gasteiger partial charge on any atom is 0.364 e. The van der Waals surface area contributed by atoms with Gasteiger partial charge in [-0.15, -0.1) is 0 Å². The topological polar surface area (TPSA) is 76.0 Å². The highest BCUT2D eigenvalue weighted by Crippen LogP contribution is 2.60. The Morgan fingerprint density at radius 3 is 1.78 bits per heavy atom. The van der Waals surface area contributed by atoms with E-state index in [1.165, 1.54) is 12.1 Å². The van der Waals surface area contributed by atoms with Crippen LogP contribution < -0.4 is 0 Å². The van der Waals surface area contributed by atoms with Crippen molar-refractivity contribution in [2.75, 3.05) is 0 Å². The van der Waals surface area contributed by atoms with Crippen LogP contribution in [-0.2, 0) is 26.8 Å². The van der Waals surface area contributed by atoms with Crippen molar-refractivity contribution in [2.24, 2.45) is 0 Å². The second-order valence-corrected chi connectivity index (χ2v) is 8.11. The van der Waals surface area contributed by atoms with Crippen LogP contribution in [0.15, 0.2) is 84.9 Å². The van der Waals surface area contributed by atoms with Crippen LogP contribution in [0.3, 0.4) is 0 Å². The average Bonchev–Trinajstić information content (AvgIpc) is 2.72. The average molecular weight is 384 g/mol. The number of aliphatic hydroxyl groups excluding tert-OH is 1. The molecule has 0 aromatic heterocycles. The molecule has 5 nitrogen and oxygen atoms in total. The molecule has 0 heterocycles. The highest BCUT2D eigenvalue weighted by molar-refractivity contribution is 7.54. The molecule has 0 bridgehead atoms. The van der Waals surface area contributed by atoms with Crippen LogP contribution in [0.25, 0.3) is 0 Å². The van der Waals surface area contributed by atoms with Gasteiger partial charge >= 0.3 is 7.60 Å².